The molecule has 1 rings (SSSR count). The van der Waals surface area contributed by atoms with E-state index in [1.165, 1.54) is 5.56 Å². The van der Waals surface area contributed by atoms with Crippen molar-refractivity contribution in [1.29, 1.82) is 0 Å². The predicted octanol–water partition coefficient (Wildman–Crippen LogP) is 3.40. The zero-order valence-corrected chi connectivity index (χ0v) is 12.0. The van der Waals surface area contributed by atoms with E-state index < -0.39 is 0 Å². The van der Waals surface area contributed by atoms with Gasteiger partial charge in [-0.2, -0.15) is 0 Å². The second kappa shape index (κ2) is 9.54. The van der Waals surface area contributed by atoms with E-state index in [4.69, 9.17) is 0 Å². The Bertz CT molecular complexity index is 349. The molecule has 0 aliphatic carbocycles. The molecule has 1 aromatic rings. The predicted molar refractivity (Wildman–Crippen MR) is 84.3 cm³/mol. The molecule has 0 aliphatic rings. The molecule has 1 aromatic carbocycles. The molecule has 0 saturated carbocycles. The fourth-order valence-corrected chi connectivity index (χ4v) is 2.25. The third kappa shape index (κ3) is 5.86. The topological polar surface area (TPSA) is 15.3 Å². The Kier molecular flexibility index (Phi) is 7.87. The Balaban J connectivity index is 2.58. The van der Waals surface area contributed by atoms with Gasteiger partial charge in [-0.1, -0.05) is 49.4 Å². The van der Waals surface area contributed by atoms with Gasteiger partial charge in [-0.25, -0.2) is 0 Å². The van der Waals surface area contributed by atoms with Crippen molar-refractivity contribution >= 4 is 0 Å². The van der Waals surface area contributed by atoms with Gasteiger partial charge in [-0.05, 0) is 18.5 Å². The first-order valence-corrected chi connectivity index (χ1v) is 7.04. The van der Waals surface area contributed by atoms with Crippen LogP contribution in [0.5, 0.6) is 0 Å². The Labute approximate surface area is 117 Å². The minimum atomic E-state index is 0.420. The van der Waals surface area contributed by atoms with Crippen LogP contribution in [0.2, 0.25) is 0 Å². The van der Waals surface area contributed by atoms with E-state index in [9.17, 15) is 0 Å². The first kappa shape index (κ1) is 15.7. The van der Waals surface area contributed by atoms with E-state index in [2.05, 4.69) is 60.6 Å². The van der Waals surface area contributed by atoms with Gasteiger partial charge >= 0.3 is 0 Å². The molecule has 0 amide bonds. The summed E-state index contributed by atoms with van der Waals surface area (Å²) in [7, 11) is 0. The Morgan fingerprint density at radius 1 is 1.16 bits per heavy atom. The Morgan fingerprint density at radius 3 is 2.32 bits per heavy atom. The van der Waals surface area contributed by atoms with Crippen molar-refractivity contribution in [1.82, 2.24) is 10.2 Å². The second-order valence-electron chi connectivity index (χ2n) is 4.65. The number of benzene rings is 1. The lowest BCUT2D eigenvalue weighted by atomic mass is 10.0. The Hall–Kier alpha value is -1.38. The molecule has 0 radical (unpaired) electrons. The number of rotatable bonds is 10. The molecule has 0 fully saturated rings. The molecule has 0 heterocycles. The van der Waals surface area contributed by atoms with Crippen molar-refractivity contribution in [2.75, 3.05) is 26.2 Å². The maximum absolute atomic E-state index is 3.81. The highest BCUT2D eigenvalue weighted by Crippen LogP contribution is 2.16. The maximum atomic E-state index is 3.81. The van der Waals surface area contributed by atoms with Crippen molar-refractivity contribution in [2.24, 2.45) is 0 Å². The lowest BCUT2D eigenvalue weighted by Gasteiger charge is -2.24. The van der Waals surface area contributed by atoms with Crippen LogP contribution < -0.4 is 5.32 Å². The summed E-state index contributed by atoms with van der Waals surface area (Å²) in [5.74, 6) is 0. The van der Waals surface area contributed by atoms with Crippen LogP contribution in [0.15, 0.2) is 55.6 Å². The summed E-state index contributed by atoms with van der Waals surface area (Å²) >= 11 is 0. The molecule has 19 heavy (non-hydrogen) atoms. The summed E-state index contributed by atoms with van der Waals surface area (Å²) in [5, 5.41) is 3.56. The zero-order chi connectivity index (χ0) is 13.9. The third-order valence-electron chi connectivity index (χ3n) is 3.16. The van der Waals surface area contributed by atoms with Crippen LogP contribution >= 0.6 is 0 Å². The first-order valence-electron chi connectivity index (χ1n) is 7.04. The highest BCUT2D eigenvalue weighted by Gasteiger charge is 2.11. The number of hydrogen-bond acceptors (Lipinski definition) is 2. The smallest absolute Gasteiger partial charge is 0.0332 e. The molecule has 2 nitrogen and oxygen atoms in total. The summed E-state index contributed by atoms with van der Waals surface area (Å²) < 4.78 is 0. The largest absolute Gasteiger partial charge is 0.310 e. The third-order valence-corrected chi connectivity index (χ3v) is 3.16. The minimum Gasteiger partial charge on any atom is -0.310 e. The number of nitrogens with one attached hydrogen (secondary N) is 1. The molecule has 0 bridgehead atoms. The van der Waals surface area contributed by atoms with Crippen molar-refractivity contribution in [3.8, 4) is 0 Å². The van der Waals surface area contributed by atoms with Crippen LogP contribution in [0, 0.1) is 0 Å². The molecule has 1 atom stereocenters. The quantitative estimate of drug-likeness (QED) is 0.647. The molecule has 1 N–H and O–H groups in total. The zero-order valence-electron chi connectivity index (χ0n) is 12.0. The summed E-state index contributed by atoms with van der Waals surface area (Å²) in [6, 6.07) is 11.1. The minimum absolute atomic E-state index is 0.420. The molecule has 2 heteroatoms. The van der Waals surface area contributed by atoms with Crippen molar-refractivity contribution in [3.63, 3.8) is 0 Å². The van der Waals surface area contributed by atoms with Gasteiger partial charge in [0.15, 0.2) is 0 Å². The molecule has 1 unspecified atom stereocenters. The highest BCUT2D eigenvalue weighted by atomic mass is 15.1. The van der Waals surface area contributed by atoms with E-state index in [0.29, 0.717) is 6.04 Å². The van der Waals surface area contributed by atoms with E-state index in [1.807, 2.05) is 12.2 Å². The van der Waals surface area contributed by atoms with Gasteiger partial charge in [-0.15, -0.1) is 13.2 Å². The van der Waals surface area contributed by atoms with Gasteiger partial charge in [0.25, 0.3) is 0 Å². The SMILES string of the molecule is C=CCN(CC=C)CCC(NCC)c1ccccc1. The molecule has 0 spiro atoms. The number of hydrogen-bond donors (Lipinski definition) is 1. The average molecular weight is 258 g/mol. The fourth-order valence-electron chi connectivity index (χ4n) is 2.25. The highest BCUT2D eigenvalue weighted by molar-refractivity contribution is 5.18. The van der Waals surface area contributed by atoms with Crippen LogP contribution in [0.4, 0.5) is 0 Å². The van der Waals surface area contributed by atoms with Crippen LogP contribution in [0.3, 0.4) is 0 Å². The maximum Gasteiger partial charge on any atom is 0.0332 e. The molecular weight excluding hydrogens is 232 g/mol. The molecular formula is C17H26N2. The van der Waals surface area contributed by atoms with Crippen LogP contribution in [-0.4, -0.2) is 31.1 Å². The van der Waals surface area contributed by atoms with E-state index in [0.717, 1.165) is 32.6 Å². The second-order valence-corrected chi connectivity index (χ2v) is 4.65. The normalized spacial score (nSPS) is 12.3. The first-order chi connectivity index (χ1) is 9.31. The van der Waals surface area contributed by atoms with E-state index >= 15 is 0 Å². The summed E-state index contributed by atoms with van der Waals surface area (Å²) in [6.07, 6.45) is 5.00. The summed E-state index contributed by atoms with van der Waals surface area (Å²) in [4.78, 5) is 2.35. The van der Waals surface area contributed by atoms with Crippen LogP contribution in [0.25, 0.3) is 0 Å². The fraction of sp³-hybridized carbons (Fsp3) is 0.412. The monoisotopic (exact) mass is 258 g/mol. The number of nitrogens with zero attached hydrogens (tertiary/aromatic N) is 1. The molecule has 0 saturated heterocycles. The summed E-state index contributed by atoms with van der Waals surface area (Å²) in [6.45, 7) is 13.6. The molecule has 104 valence electrons. The van der Waals surface area contributed by atoms with Crippen molar-refractivity contribution in [2.45, 2.75) is 19.4 Å². The van der Waals surface area contributed by atoms with E-state index in [-0.39, 0.29) is 0 Å². The van der Waals surface area contributed by atoms with Gasteiger partial charge < -0.3 is 5.32 Å². The standard InChI is InChI=1S/C17H26N2/c1-4-13-19(14-5-2)15-12-17(18-6-3)16-10-8-7-9-11-16/h4-5,7-11,17-18H,1-2,6,12-15H2,3H3. The molecule has 0 aromatic heterocycles. The van der Waals surface area contributed by atoms with Gasteiger partial charge in [0.2, 0.25) is 0 Å². The van der Waals surface area contributed by atoms with Crippen molar-refractivity contribution < 1.29 is 0 Å². The van der Waals surface area contributed by atoms with Gasteiger partial charge in [-0.3, -0.25) is 4.90 Å². The van der Waals surface area contributed by atoms with Gasteiger partial charge in [0.05, 0.1) is 0 Å². The van der Waals surface area contributed by atoms with Crippen LogP contribution in [-0.2, 0) is 0 Å². The lowest BCUT2D eigenvalue weighted by Crippen LogP contribution is -2.30. The molecule has 0 aliphatic heterocycles. The average Bonchev–Trinajstić information content (AvgIpc) is 2.44. The lowest BCUT2D eigenvalue weighted by molar-refractivity contribution is 0.308. The van der Waals surface area contributed by atoms with Gasteiger partial charge in [0.1, 0.15) is 0 Å². The van der Waals surface area contributed by atoms with Crippen LogP contribution in [0.1, 0.15) is 24.9 Å². The van der Waals surface area contributed by atoms with Gasteiger partial charge in [0, 0.05) is 25.7 Å². The summed E-state index contributed by atoms with van der Waals surface area (Å²) in [5.41, 5.74) is 1.36. The Morgan fingerprint density at radius 2 is 1.79 bits per heavy atom. The van der Waals surface area contributed by atoms with E-state index in [1.54, 1.807) is 0 Å². The van der Waals surface area contributed by atoms with Crippen molar-refractivity contribution in [3.05, 3.63) is 61.2 Å².